The Labute approximate surface area is 177 Å². The molecule has 0 aromatic carbocycles. The summed E-state index contributed by atoms with van der Waals surface area (Å²) in [5, 5.41) is 2.67. The van der Waals surface area contributed by atoms with E-state index in [0.717, 1.165) is 12.8 Å². The van der Waals surface area contributed by atoms with Gasteiger partial charge in [0.25, 0.3) is 0 Å². The molecule has 0 aliphatic carbocycles. The van der Waals surface area contributed by atoms with Crippen molar-refractivity contribution >= 4 is 13.9 Å². The minimum absolute atomic E-state index is 0.104. The highest BCUT2D eigenvalue weighted by Gasteiger charge is 2.22. The fourth-order valence-corrected chi connectivity index (χ4v) is 3.30. The highest BCUT2D eigenvalue weighted by Crippen LogP contribution is 2.42. The predicted molar refractivity (Wildman–Crippen MR) is 116 cm³/mol. The molecule has 174 valence electrons. The lowest BCUT2D eigenvalue weighted by molar-refractivity contribution is -0.870. The van der Waals surface area contributed by atoms with Gasteiger partial charge in [0.05, 0.1) is 27.7 Å². The largest absolute Gasteiger partial charge is 0.472 e. The molecule has 29 heavy (non-hydrogen) atoms. The van der Waals surface area contributed by atoms with Gasteiger partial charge in [-0.3, -0.25) is 9.05 Å². The number of carbonyl (C=O) groups is 1. The average molecular weight is 440 g/mol. The second kappa shape index (κ2) is 17.1. The van der Waals surface area contributed by atoms with Crippen LogP contribution in [0, 0.1) is 0 Å². The molecule has 0 saturated carbocycles. The molecule has 0 fully saturated rings. The van der Waals surface area contributed by atoms with Gasteiger partial charge in [0.15, 0.2) is 0 Å². The normalized spacial score (nSPS) is 13.8. The first kappa shape index (κ1) is 28.3. The fourth-order valence-electron chi connectivity index (χ4n) is 2.61. The summed E-state index contributed by atoms with van der Waals surface area (Å²) in [6, 6.07) is 0. The lowest BCUT2D eigenvalue weighted by Crippen LogP contribution is -2.37. The molecule has 2 N–H and O–H groups in total. The number of ether oxygens (including phenoxy) is 1. The molecule has 0 aromatic heterocycles. The Morgan fingerprint density at radius 2 is 1.38 bits per heavy atom. The lowest BCUT2D eigenvalue weighted by atomic mass is 10.1. The fraction of sp³-hybridized carbons (Fsp3) is 0.950. The molecule has 0 saturated heterocycles. The van der Waals surface area contributed by atoms with Gasteiger partial charge in [-0.25, -0.2) is 9.36 Å². The summed E-state index contributed by atoms with van der Waals surface area (Å²) < 4.78 is 26.9. The van der Waals surface area contributed by atoms with E-state index in [-0.39, 0.29) is 19.8 Å². The molecule has 0 aliphatic heterocycles. The number of phosphoric ester groups is 1. The van der Waals surface area contributed by atoms with E-state index < -0.39 is 13.9 Å². The van der Waals surface area contributed by atoms with E-state index >= 15 is 0 Å². The van der Waals surface area contributed by atoms with Crippen molar-refractivity contribution in [2.45, 2.75) is 71.1 Å². The van der Waals surface area contributed by atoms with Gasteiger partial charge in [-0.05, 0) is 6.42 Å². The first-order valence-electron chi connectivity index (χ1n) is 11.0. The van der Waals surface area contributed by atoms with Gasteiger partial charge < -0.3 is 19.4 Å². The smallest absolute Gasteiger partial charge is 0.447 e. The minimum atomic E-state index is -4.11. The Hall–Kier alpha value is -0.660. The van der Waals surface area contributed by atoms with Crippen molar-refractivity contribution in [3.63, 3.8) is 0 Å². The van der Waals surface area contributed by atoms with Crippen molar-refractivity contribution in [3.8, 4) is 0 Å². The summed E-state index contributed by atoms with van der Waals surface area (Å²) in [6.45, 7) is 3.19. The minimum Gasteiger partial charge on any atom is -0.447 e. The molecular formula is C20H44N2O6P+. The van der Waals surface area contributed by atoms with Crippen molar-refractivity contribution in [1.29, 1.82) is 0 Å². The molecule has 1 unspecified atom stereocenters. The second-order valence-corrected chi connectivity index (χ2v) is 9.85. The number of rotatable bonds is 19. The number of phosphoric acid groups is 1. The van der Waals surface area contributed by atoms with E-state index in [0.29, 0.717) is 17.6 Å². The number of alkyl carbamates (subject to hydrolysis) is 1. The number of hydrogen-bond donors (Lipinski definition) is 2. The van der Waals surface area contributed by atoms with Gasteiger partial charge >= 0.3 is 13.9 Å². The summed E-state index contributed by atoms with van der Waals surface area (Å²) >= 11 is 0. The van der Waals surface area contributed by atoms with Crippen LogP contribution in [0.4, 0.5) is 4.79 Å². The standard InChI is InChI=1S/C20H43N2O6P/c1-5-6-7-8-9-10-11-12-13-14-15-21-20(23)26-18-19-28-29(24,25)27-17-16-22(2,3)4/h5-19H2,1-4H3,(H-,21,23,24,25)/p+1. The van der Waals surface area contributed by atoms with Gasteiger partial charge in [-0.2, -0.15) is 0 Å². The van der Waals surface area contributed by atoms with Gasteiger partial charge in [0, 0.05) is 6.54 Å². The molecular weight excluding hydrogens is 395 g/mol. The Kier molecular flexibility index (Phi) is 16.7. The van der Waals surface area contributed by atoms with E-state index in [2.05, 4.69) is 12.2 Å². The third-order valence-electron chi connectivity index (χ3n) is 4.39. The maximum absolute atomic E-state index is 11.7. The second-order valence-electron chi connectivity index (χ2n) is 8.39. The Balaban J connectivity index is 3.48. The Morgan fingerprint density at radius 1 is 0.862 bits per heavy atom. The number of likely N-dealkylation sites (N-methyl/N-ethyl adjacent to an activating group) is 1. The van der Waals surface area contributed by atoms with Crippen molar-refractivity contribution in [1.82, 2.24) is 5.32 Å². The van der Waals surface area contributed by atoms with Gasteiger partial charge in [0.2, 0.25) is 0 Å². The molecule has 1 atom stereocenters. The van der Waals surface area contributed by atoms with E-state index in [1.807, 2.05) is 21.1 Å². The van der Waals surface area contributed by atoms with E-state index in [1.165, 1.54) is 51.4 Å². The number of unbranched alkanes of at least 4 members (excludes halogenated alkanes) is 9. The highest BCUT2D eigenvalue weighted by atomic mass is 31.2. The number of hydrogen-bond acceptors (Lipinski definition) is 5. The molecule has 9 heteroatoms. The van der Waals surface area contributed by atoms with Gasteiger partial charge in [-0.15, -0.1) is 0 Å². The first-order valence-corrected chi connectivity index (χ1v) is 12.5. The molecule has 0 rings (SSSR count). The van der Waals surface area contributed by atoms with E-state index in [9.17, 15) is 14.3 Å². The van der Waals surface area contributed by atoms with Crippen LogP contribution in [0.2, 0.25) is 0 Å². The molecule has 0 aromatic rings. The van der Waals surface area contributed by atoms with Crippen molar-refractivity contribution in [3.05, 3.63) is 0 Å². The zero-order chi connectivity index (χ0) is 22.0. The number of nitrogens with zero attached hydrogens (tertiary/aromatic N) is 1. The Morgan fingerprint density at radius 3 is 1.93 bits per heavy atom. The maximum atomic E-state index is 11.7. The maximum Gasteiger partial charge on any atom is 0.472 e. The van der Waals surface area contributed by atoms with Crippen LogP contribution in [0.3, 0.4) is 0 Å². The molecule has 0 spiro atoms. The van der Waals surface area contributed by atoms with Gasteiger partial charge in [0.1, 0.15) is 19.8 Å². The third kappa shape index (κ3) is 21.9. The molecule has 0 radical (unpaired) electrons. The van der Waals surface area contributed by atoms with E-state index in [4.69, 9.17) is 13.8 Å². The van der Waals surface area contributed by atoms with Crippen LogP contribution in [-0.2, 0) is 18.3 Å². The summed E-state index contributed by atoms with van der Waals surface area (Å²) in [7, 11) is 1.75. The van der Waals surface area contributed by atoms with Crippen LogP contribution < -0.4 is 5.32 Å². The number of nitrogens with one attached hydrogen (secondary N) is 1. The van der Waals surface area contributed by atoms with Crippen molar-refractivity contribution in [2.75, 3.05) is 54.1 Å². The third-order valence-corrected chi connectivity index (χ3v) is 5.40. The van der Waals surface area contributed by atoms with Crippen molar-refractivity contribution < 1.29 is 32.5 Å². The highest BCUT2D eigenvalue weighted by molar-refractivity contribution is 7.47. The zero-order valence-corrected chi connectivity index (χ0v) is 19.9. The average Bonchev–Trinajstić information content (AvgIpc) is 2.62. The van der Waals surface area contributed by atoms with Crippen LogP contribution >= 0.6 is 7.82 Å². The molecule has 0 heterocycles. The van der Waals surface area contributed by atoms with Crippen LogP contribution in [-0.4, -0.2) is 69.5 Å². The quantitative estimate of drug-likeness (QED) is 0.175. The molecule has 8 nitrogen and oxygen atoms in total. The topological polar surface area (TPSA) is 94.1 Å². The van der Waals surface area contributed by atoms with Crippen LogP contribution in [0.1, 0.15) is 71.1 Å². The summed E-state index contributed by atoms with van der Waals surface area (Å²) in [6.07, 6.45) is 11.9. The number of quaternary nitrogens is 1. The summed E-state index contributed by atoms with van der Waals surface area (Å²) in [5.41, 5.74) is 0. The van der Waals surface area contributed by atoms with E-state index in [1.54, 1.807) is 0 Å². The lowest BCUT2D eigenvalue weighted by Gasteiger charge is -2.24. The zero-order valence-electron chi connectivity index (χ0n) is 19.0. The number of carbonyl (C=O) groups excluding carboxylic acids is 1. The van der Waals surface area contributed by atoms with Crippen LogP contribution in [0.15, 0.2) is 0 Å². The monoisotopic (exact) mass is 439 g/mol. The summed E-state index contributed by atoms with van der Waals surface area (Å²) in [5.74, 6) is 0. The predicted octanol–water partition coefficient (Wildman–Crippen LogP) is 4.47. The van der Waals surface area contributed by atoms with Crippen LogP contribution in [0.25, 0.3) is 0 Å². The van der Waals surface area contributed by atoms with Crippen LogP contribution in [0.5, 0.6) is 0 Å². The Bertz CT molecular complexity index is 457. The molecule has 0 bridgehead atoms. The molecule has 0 aliphatic rings. The molecule has 1 amide bonds. The SMILES string of the molecule is CCCCCCCCCCCCNC(=O)OCCOP(=O)(O)OCC[N+](C)(C)C. The first-order chi connectivity index (χ1) is 13.7. The summed E-state index contributed by atoms with van der Waals surface area (Å²) in [4.78, 5) is 21.1. The number of amides is 1. The van der Waals surface area contributed by atoms with Crippen molar-refractivity contribution in [2.24, 2.45) is 0 Å². The van der Waals surface area contributed by atoms with Gasteiger partial charge in [-0.1, -0.05) is 64.7 Å².